The van der Waals surface area contributed by atoms with Crippen molar-refractivity contribution in [3.8, 4) is 0 Å². The van der Waals surface area contributed by atoms with Gasteiger partial charge in [-0.15, -0.1) is 0 Å². The Morgan fingerprint density at radius 2 is 1.77 bits per heavy atom. The first kappa shape index (κ1) is 23.0. The highest BCUT2D eigenvalue weighted by Gasteiger charge is 2.33. The molecule has 8 heteroatoms. The van der Waals surface area contributed by atoms with E-state index in [1.807, 2.05) is 13.8 Å². The molecule has 0 saturated carbocycles. The van der Waals surface area contributed by atoms with Gasteiger partial charge in [0.1, 0.15) is 0 Å². The molecule has 166 valence electrons. The Kier molecular flexibility index (Phi) is 7.46. The Morgan fingerprint density at radius 1 is 1.10 bits per heavy atom. The average Bonchev–Trinajstić information content (AvgIpc) is 2.80. The maximum atomic E-state index is 13.0. The van der Waals surface area contributed by atoms with Crippen LogP contribution in [0.4, 0.5) is 5.69 Å². The zero-order valence-corrected chi connectivity index (χ0v) is 18.7. The fraction of sp³-hybridized carbons (Fsp3) is 0.391. The second-order valence-electron chi connectivity index (χ2n) is 7.83. The molecule has 2 aromatic carbocycles. The van der Waals surface area contributed by atoms with Gasteiger partial charge in [0, 0.05) is 19.1 Å². The lowest BCUT2D eigenvalue weighted by atomic mass is 9.98. The highest BCUT2D eigenvalue weighted by molar-refractivity contribution is 7.89. The summed E-state index contributed by atoms with van der Waals surface area (Å²) in [7, 11) is -3.65. The van der Waals surface area contributed by atoms with E-state index in [0.717, 1.165) is 6.42 Å². The van der Waals surface area contributed by atoms with Crippen LogP contribution < -0.4 is 10.6 Å². The van der Waals surface area contributed by atoms with Crippen molar-refractivity contribution >= 4 is 27.5 Å². The lowest BCUT2D eigenvalue weighted by Gasteiger charge is -2.31. The monoisotopic (exact) mass is 443 g/mol. The average molecular weight is 444 g/mol. The molecule has 31 heavy (non-hydrogen) atoms. The van der Waals surface area contributed by atoms with Crippen LogP contribution >= 0.6 is 0 Å². The molecule has 1 aliphatic rings. The zero-order chi connectivity index (χ0) is 22.4. The summed E-state index contributed by atoms with van der Waals surface area (Å²) in [6, 6.07) is 15.1. The zero-order valence-electron chi connectivity index (χ0n) is 17.9. The van der Waals surface area contributed by atoms with Crippen molar-refractivity contribution in [2.75, 3.05) is 18.4 Å². The molecule has 0 spiro atoms. The first-order valence-corrected chi connectivity index (χ1v) is 12.0. The minimum absolute atomic E-state index is 0.0198. The predicted octanol–water partition coefficient (Wildman–Crippen LogP) is 3.25. The van der Waals surface area contributed by atoms with Crippen LogP contribution in [0, 0.1) is 5.92 Å². The van der Waals surface area contributed by atoms with Crippen LogP contribution in [0.15, 0.2) is 59.5 Å². The molecule has 0 unspecified atom stereocenters. The first-order chi connectivity index (χ1) is 14.8. The second-order valence-corrected chi connectivity index (χ2v) is 9.77. The van der Waals surface area contributed by atoms with E-state index in [-0.39, 0.29) is 29.3 Å². The van der Waals surface area contributed by atoms with Gasteiger partial charge in [-0.25, -0.2) is 8.42 Å². The van der Waals surface area contributed by atoms with E-state index in [1.165, 1.54) is 4.31 Å². The maximum absolute atomic E-state index is 13.0. The molecule has 2 amide bonds. The number of hydrogen-bond donors (Lipinski definition) is 2. The molecule has 3 rings (SSSR count). The molecule has 7 nitrogen and oxygen atoms in total. The molecule has 1 heterocycles. The Labute approximate surface area is 183 Å². The molecule has 0 aromatic heterocycles. The number of benzene rings is 2. The maximum Gasteiger partial charge on any atom is 0.253 e. The number of rotatable bonds is 7. The Hall–Kier alpha value is -2.71. The van der Waals surface area contributed by atoms with Crippen LogP contribution in [0.3, 0.4) is 0 Å². The summed E-state index contributed by atoms with van der Waals surface area (Å²) in [5.74, 6) is -1.02. The van der Waals surface area contributed by atoms with Gasteiger partial charge >= 0.3 is 0 Å². The number of para-hydroxylation sites is 1. The van der Waals surface area contributed by atoms with Crippen molar-refractivity contribution < 1.29 is 18.0 Å². The van der Waals surface area contributed by atoms with Crippen molar-refractivity contribution in [1.29, 1.82) is 0 Å². The number of sulfonamides is 1. The fourth-order valence-corrected chi connectivity index (χ4v) is 5.09. The number of amides is 2. The largest absolute Gasteiger partial charge is 0.350 e. The minimum atomic E-state index is -3.65. The number of nitrogens with one attached hydrogen (secondary N) is 2. The summed E-state index contributed by atoms with van der Waals surface area (Å²) >= 11 is 0. The summed E-state index contributed by atoms with van der Waals surface area (Å²) in [5, 5.41) is 5.75. The normalized spacial score (nSPS) is 18.2. The molecule has 1 aliphatic heterocycles. The van der Waals surface area contributed by atoms with E-state index in [1.54, 1.807) is 54.6 Å². The van der Waals surface area contributed by atoms with E-state index < -0.39 is 15.9 Å². The van der Waals surface area contributed by atoms with Gasteiger partial charge in [0.25, 0.3) is 5.91 Å². The Bertz CT molecular complexity index is 1020. The molecule has 1 saturated heterocycles. The summed E-state index contributed by atoms with van der Waals surface area (Å²) < 4.78 is 27.2. The quantitative estimate of drug-likeness (QED) is 0.687. The highest BCUT2D eigenvalue weighted by Crippen LogP contribution is 2.25. The van der Waals surface area contributed by atoms with Crippen molar-refractivity contribution in [2.24, 2.45) is 5.92 Å². The SMILES string of the molecule is CC[C@@H](C)NC(=O)c1ccccc1NC(=O)[C@H]1CCCN(S(=O)(=O)c2ccccc2)C1. The van der Waals surface area contributed by atoms with Gasteiger partial charge in [-0.05, 0) is 50.5 Å². The van der Waals surface area contributed by atoms with Crippen molar-refractivity contribution in [1.82, 2.24) is 9.62 Å². The van der Waals surface area contributed by atoms with Crippen molar-refractivity contribution in [2.45, 2.75) is 44.0 Å². The second kappa shape index (κ2) is 10.1. The van der Waals surface area contributed by atoms with Crippen LogP contribution in [0.25, 0.3) is 0 Å². The predicted molar refractivity (Wildman–Crippen MR) is 120 cm³/mol. The minimum Gasteiger partial charge on any atom is -0.350 e. The molecular weight excluding hydrogens is 414 g/mol. The van der Waals surface area contributed by atoms with Crippen LogP contribution in [0.1, 0.15) is 43.5 Å². The first-order valence-electron chi connectivity index (χ1n) is 10.6. The van der Waals surface area contributed by atoms with Gasteiger partial charge in [0.2, 0.25) is 15.9 Å². The molecule has 2 N–H and O–H groups in total. The lowest BCUT2D eigenvalue weighted by molar-refractivity contribution is -0.120. The Balaban J connectivity index is 1.72. The van der Waals surface area contributed by atoms with Crippen molar-refractivity contribution in [3.05, 3.63) is 60.2 Å². The van der Waals surface area contributed by atoms with Gasteiger partial charge < -0.3 is 10.6 Å². The highest BCUT2D eigenvalue weighted by atomic mass is 32.2. The third-order valence-electron chi connectivity index (χ3n) is 5.56. The topological polar surface area (TPSA) is 95.6 Å². The number of anilines is 1. The smallest absolute Gasteiger partial charge is 0.253 e. The number of piperidine rings is 1. The van der Waals surface area contributed by atoms with E-state index in [4.69, 9.17) is 0 Å². The standard InChI is InChI=1S/C23H29N3O4S/c1-3-17(2)24-23(28)20-13-7-8-14-21(20)25-22(27)18-10-9-15-26(16-18)31(29,30)19-11-5-4-6-12-19/h4-8,11-14,17-18H,3,9-10,15-16H2,1-2H3,(H,24,28)(H,25,27)/t17-,18+/m1/s1. The van der Waals surface area contributed by atoms with Crippen LogP contribution in [-0.4, -0.2) is 43.7 Å². The number of hydrogen-bond acceptors (Lipinski definition) is 4. The van der Waals surface area contributed by atoms with Crippen molar-refractivity contribution in [3.63, 3.8) is 0 Å². The van der Waals surface area contributed by atoms with E-state index in [9.17, 15) is 18.0 Å². The third kappa shape index (κ3) is 5.51. The van der Waals surface area contributed by atoms with Crippen LogP contribution in [0.2, 0.25) is 0 Å². The molecular formula is C23H29N3O4S. The van der Waals surface area contributed by atoms with Gasteiger partial charge in [0.05, 0.1) is 22.1 Å². The van der Waals surface area contributed by atoms with E-state index in [2.05, 4.69) is 10.6 Å². The van der Waals surface area contributed by atoms with Crippen LogP contribution in [0.5, 0.6) is 0 Å². The molecule has 2 atom stereocenters. The van der Waals surface area contributed by atoms with E-state index >= 15 is 0 Å². The number of nitrogens with zero attached hydrogens (tertiary/aromatic N) is 1. The fourth-order valence-electron chi connectivity index (χ4n) is 3.54. The third-order valence-corrected chi connectivity index (χ3v) is 7.43. The van der Waals surface area contributed by atoms with E-state index in [0.29, 0.717) is 30.6 Å². The Morgan fingerprint density at radius 3 is 2.48 bits per heavy atom. The summed E-state index contributed by atoms with van der Waals surface area (Å²) in [6.45, 7) is 4.40. The molecule has 0 aliphatic carbocycles. The number of carbonyl (C=O) groups is 2. The molecule has 0 radical (unpaired) electrons. The summed E-state index contributed by atoms with van der Waals surface area (Å²) in [4.78, 5) is 25.8. The van der Waals surface area contributed by atoms with Gasteiger partial charge in [-0.3, -0.25) is 9.59 Å². The molecule has 2 aromatic rings. The van der Waals surface area contributed by atoms with Gasteiger partial charge in [0.15, 0.2) is 0 Å². The van der Waals surface area contributed by atoms with Crippen LogP contribution in [-0.2, 0) is 14.8 Å². The number of carbonyl (C=O) groups excluding carboxylic acids is 2. The van der Waals surface area contributed by atoms with Gasteiger partial charge in [-0.2, -0.15) is 4.31 Å². The summed E-state index contributed by atoms with van der Waals surface area (Å²) in [5.41, 5.74) is 0.817. The lowest BCUT2D eigenvalue weighted by Crippen LogP contribution is -2.43. The molecule has 0 bridgehead atoms. The van der Waals surface area contributed by atoms with Gasteiger partial charge in [-0.1, -0.05) is 37.3 Å². The molecule has 1 fully saturated rings. The summed E-state index contributed by atoms with van der Waals surface area (Å²) in [6.07, 6.45) is 1.99.